The molecular formula is C19H29N5O2. The summed E-state index contributed by atoms with van der Waals surface area (Å²) in [5.41, 5.74) is 0.260. The molecule has 3 rings (SSSR count). The minimum Gasteiger partial charge on any atom is -0.336 e. The van der Waals surface area contributed by atoms with E-state index in [9.17, 15) is 9.59 Å². The number of amides is 3. The fourth-order valence-corrected chi connectivity index (χ4v) is 4.24. The monoisotopic (exact) mass is 359 g/mol. The summed E-state index contributed by atoms with van der Waals surface area (Å²) in [5, 5.41) is 6.01. The number of aromatic nitrogens is 1. The van der Waals surface area contributed by atoms with Crippen LogP contribution in [0.25, 0.3) is 0 Å². The predicted molar refractivity (Wildman–Crippen MR) is 101 cm³/mol. The molecule has 0 radical (unpaired) electrons. The number of urea groups is 1. The number of hydrogen-bond acceptors (Lipinski definition) is 4. The number of rotatable bonds is 3. The van der Waals surface area contributed by atoms with Gasteiger partial charge in [-0.1, -0.05) is 0 Å². The lowest BCUT2D eigenvalue weighted by Gasteiger charge is -2.34. The molecule has 0 bridgehead atoms. The first kappa shape index (κ1) is 18.6. The van der Waals surface area contributed by atoms with Gasteiger partial charge in [-0.3, -0.25) is 9.78 Å². The van der Waals surface area contributed by atoms with Crippen molar-refractivity contribution in [2.45, 2.75) is 45.2 Å². The first-order valence-corrected chi connectivity index (χ1v) is 9.39. The van der Waals surface area contributed by atoms with E-state index >= 15 is 0 Å². The maximum Gasteiger partial charge on any atom is 0.317 e. The summed E-state index contributed by atoms with van der Waals surface area (Å²) in [6.07, 6.45) is 5.67. The van der Waals surface area contributed by atoms with Gasteiger partial charge in [-0.05, 0) is 58.8 Å². The maximum absolute atomic E-state index is 13.2. The van der Waals surface area contributed by atoms with Crippen molar-refractivity contribution < 1.29 is 9.59 Å². The van der Waals surface area contributed by atoms with Crippen LogP contribution in [0.2, 0.25) is 0 Å². The quantitative estimate of drug-likeness (QED) is 0.864. The summed E-state index contributed by atoms with van der Waals surface area (Å²) in [6.45, 7) is 6.10. The molecule has 2 saturated heterocycles. The molecule has 26 heavy (non-hydrogen) atoms. The van der Waals surface area contributed by atoms with Gasteiger partial charge in [0, 0.05) is 31.4 Å². The Hall–Kier alpha value is -2.15. The van der Waals surface area contributed by atoms with Crippen LogP contribution in [0.4, 0.5) is 10.5 Å². The molecule has 0 saturated carbocycles. The molecule has 2 atom stereocenters. The van der Waals surface area contributed by atoms with Crippen molar-refractivity contribution >= 4 is 17.6 Å². The lowest BCUT2D eigenvalue weighted by molar-refractivity contribution is -0.127. The lowest BCUT2D eigenvalue weighted by atomic mass is 9.75. The summed E-state index contributed by atoms with van der Waals surface area (Å²) in [6, 6.07) is 3.89. The minimum atomic E-state index is -0.461. The highest BCUT2D eigenvalue weighted by molar-refractivity contribution is 5.96. The molecule has 0 unspecified atom stereocenters. The van der Waals surface area contributed by atoms with Crippen molar-refractivity contribution in [3.8, 4) is 0 Å². The number of nitrogens with one attached hydrogen (secondary N) is 2. The average molecular weight is 359 g/mol. The van der Waals surface area contributed by atoms with E-state index in [1.807, 2.05) is 30.9 Å². The smallest absolute Gasteiger partial charge is 0.317 e. The Morgan fingerprint density at radius 1 is 1.27 bits per heavy atom. The number of nitrogens with zero attached hydrogens (tertiary/aromatic N) is 3. The number of fused-ring (bicyclic) bond motifs is 1. The van der Waals surface area contributed by atoms with Gasteiger partial charge in [-0.2, -0.15) is 0 Å². The van der Waals surface area contributed by atoms with E-state index in [0.29, 0.717) is 19.5 Å². The Morgan fingerprint density at radius 3 is 2.73 bits per heavy atom. The molecular weight excluding hydrogens is 330 g/mol. The molecule has 2 aliphatic heterocycles. The maximum atomic E-state index is 13.2. The Balaban J connectivity index is 1.77. The second-order valence-corrected chi connectivity index (χ2v) is 7.73. The Labute approximate surface area is 155 Å². The van der Waals surface area contributed by atoms with Crippen molar-refractivity contribution in [2.75, 3.05) is 32.0 Å². The van der Waals surface area contributed by atoms with Crippen LogP contribution in [0.5, 0.6) is 0 Å². The van der Waals surface area contributed by atoms with Crippen LogP contribution in [-0.4, -0.2) is 65.5 Å². The zero-order valence-corrected chi connectivity index (χ0v) is 15.9. The minimum absolute atomic E-state index is 0.0366. The van der Waals surface area contributed by atoms with Gasteiger partial charge >= 0.3 is 6.03 Å². The first-order valence-electron chi connectivity index (χ1n) is 9.39. The SMILES string of the molecule is CC(C)NC(=O)N1CC[C@H]2N(C)CC[C@@]2(C(=O)Nc2cccnc2)CC1. The van der Waals surface area contributed by atoms with Crippen LogP contribution >= 0.6 is 0 Å². The third-order valence-electron chi connectivity index (χ3n) is 5.65. The Kier molecular flexibility index (Phi) is 5.46. The zero-order valence-electron chi connectivity index (χ0n) is 15.9. The van der Waals surface area contributed by atoms with E-state index in [0.717, 1.165) is 25.1 Å². The number of hydrogen-bond donors (Lipinski definition) is 2. The van der Waals surface area contributed by atoms with Crippen LogP contribution in [0.1, 0.15) is 33.1 Å². The molecule has 0 aromatic carbocycles. The summed E-state index contributed by atoms with van der Waals surface area (Å²) in [4.78, 5) is 33.9. The zero-order chi connectivity index (χ0) is 18.7. The van der Waals surface area contributed by atoms with Gasteiger partial charge in [0.05, 0.1) is 17.3 Å². The number of pyridine rings is 1. The lowest BCUT2D eigenvalue weighted by Crippen LogP contribution is -2.46. The van der Waals surface area contributed by atoms with Crippen molar-refractivity contribution in [3.05, 3.63) is 24.5 Å². The van der Waals surface area contributed by atoms with Crippen molar-refractivity contribution in [1.29, 1.82) is 0 Å². The third-order valence-corrected chi connectivity index (χ3v) is 5.65. The van der Waals surface area contributed by atoms with E-state index in [1.165, 1.54) is 0 Å². The molecule has 3 heterocycles. The number of carbonyl (C=O) groups excluding carboxylic acids is 2. The van der Waals surface area contributed by atoms with Gasteiger partial charge in [0.1, 0.15) is 0 Å². The van der Waals surface area contributed by atoms with E-state index in [4.69, 9.17) is 0 Å². The third kappa shape index (κ3) is 3.67. The van der Waals surface area contributed by atoms with Crippen LogP contribution in [0, 0.1) is 5.41 Å². The fraction of sp³-hybridized carbons (Fsp3) is 0.632. The van der Waals surface area contributed by atoms with E-state index < -0.39 is 5.41 Å². The first-order chi connectivity index (χ1) is 12.4. The highest BCUT2D eigenvalue weighted by atomic mass is 16.2. The summed E-state index contributed by atoms with van der Waals surface area (Å²) < 4.78 is 0. The summed E-state index contributed by atoms with van der Waals surface area (Å²) >= 11 is 0. The second-order valence-electron chi connectivity index (χ2n) is 7.73. The van der Waals surface area contributed by atoms with Crippen molar-refractivity contribution in [2.24, 2.45) is 5.41 Å². The van der Waals surface area contributed by atoms with Crippen LogP contribution in [0.15, 0.2) is 24.5 Å². The van der Waals surface area contributed by atoms with E-state index in [-0.39, 0.29) is 24.0 Å². The normalized spacial score (nSPS) is 26.3. The average Bonchev–Trinajstić information content (AvgIpc) is 2.80. The molecule has 2 aliphatic rings. The molecule has 0 aliphatic carbocycles. The van der Waals surface area contributed by atoms with Gasteiger partial charge < -0.3 is 20.4 Å². The van der Waals surface area contributed by atoms with Crippen LogP contribution in [0.3, 0.4) is 0 Å². The van der Waals surface area contributed by atoms with Crippen molar-refractivity contribution in [1.82, 2.24) is 20.1 Å². The summed E-state index contributed by atoms with van der Waals surface area (Å²) in [7, 11) is 2.08. The van der Waals surface area contributed by atoms with E-state index in [2.05, 4.69) is 27.6 Å². The van der Waals surface area contributed by atoms with E-state index in [1.54, 1.807) is 12.4 Å². The predicted octanol–water partition coefficient (Wildman–Crippen LogP) is 1.92. The largest absolute Gasteiger partial charge is 0.336 e. The highest BCUT2D eigenvalue weighted by Crippen LogP contribution is 2.43. The second kappa shape index (κ2) is 7.61. The van der Waals surface area contributed by atoms with Gasteiger partial charge in [-0.15, -0.1) is 0 Å². The fourth-order valence-electron chi connectivity index (χ4n) is 4.24. The molecule has 3 amide bonds. The number of anilines is 1. The topological polar surface area (TPSA) is 77.6 Å². The molecule has 1 aromatic heterocycles. The van der Waals surface area contributed by atoms with Gasteiger partial charge in [0.25, 0.3) is 0 Å². The Morgan fingerprint density at radius 2 is 2.04 bits per heavy atom. The van der Waals surface area contributed by atoms with Crippen LogP contribution < -0.4 is 10.6 Å². The number of carbonyl (C=O) groups is 2. The molecule has 2 fully saturated rings. The molecule has 1 aromatic rings. The highest BCUT2D eigenvalue weighted by Gasteiger charge is 2.52. The Bertz CT molecular complexity index is 651. The summed E-state index contributed by atoms with van der Waals surface area (Å²) in [5.74, 6) is 0.0472. The van der Waals surface area contributed by atoms with Crippen LogP contribution in [-0.2, 0) is 4.79 Å². The van der Waals surface area contributed by atoms with Gasteiger partial charge in [-0.25, -0.2) is 4.79 Å². The molecule has 2 N–H and O–H groups in total. The van der Waals surface area contributed by atoms with Crippen molar-refractivity contribution in [3.63, 3.8) is 0 Å². The molecule has 7 heteroatoms. The molecule has 142 valence electrons. The van der Waals surface area contributed by atoms with Gasteiger partial charge in [0.2, 0.25) is 5.91 Å². The van der Waals surface area contributed by atoms with Gasteiger partial charge in [0.15, 0.2) is 0 Å². The standard InChI is InChI=1S/C19H29N5O2/c1-14(2)21-18(26)24-10-6-16-19(8-12-24,7-11-23(16)3)17(25)22-15-5-4-9-20-13-15/h4-5,9,13-14,16H,6-8,10-12H2,1-3H3,(H,21,26)(H,22,25)/t16-,19-/m1/s1. The number of likely N-dealkylation sites (tertiary alicyclic amines) is 2. The molecule has 0 spiro atoms. The molecule has 7 nitrogen and oxygen atoms in total.